The predicted octanol–water partition coefficient (Wildman–Crippen LogP) is 6.80. The first-order valence-electron chi connectivity index (χ1n) is 12.5. The van der Waals surface area contributed by atoms with Crippen LogP contribution in [0.1, 0.15) is 40.4 Å². The zero-order valence-electron chi connectivity index (χ0n) is 21.5. The Kier molecular flexibility index (Phi) is 8.87. The van der Waals surface area contributed by atoms with Gasteiger partial charge in [0.1, 0.15) is 0 Å². The summed E-state index contributed by atoms with van der Waals surface area (Å²) in [7, 11) is -3.87. The molecule has 0 aliphatic heterocycles. The fraction of sp³-hybridized carbons (Fsp3) is 0.194. The molecule has 0 bridgehead atoms. The Labute approximate surface area is 230 Å². The fourth-order valence-corrected chi connectivity index (χ4v) is 5.90. The molecule has 1 N–H and O–H groups in total. The van der Waals surface area contributed by atoms with Gasteiger partial charge in [-0.2, -0.15) is 0 Å². The van der Waals surface area contributed by atoms with Gasteiger partial charge in [-0.25, -0.2) is 8.42 Å². The predicted molar refractivity (Wildman–Crippen MR) is 154 cm³/mol. The average Bonchev–Trinajstić information content (AvgIpc) is 2.93. The highest BCUT2D eigenvalue weighted by Crippen LogP contribution is 2.31. The molecule has 0 aliphatic carbocycles. The molecule has 0 saturated carbocycles. The largest absolute Gasteiger partial charge is 0.350 e. The van der Waals surface area contributed by atoms with Gasteiger partial charge in [0.05, 0.1) is 17.1 Å². The molecule has 4 aromatic carbocycles. The van der Waals surface area contributed by atoms with E-state index in [1.807, 2.05) is 32.0 Å². The summed E-state index contributed by atoms with van der Waals surface area (Å²) in [6.45, 7) is 3.94. The van der Waals surface area contributed by atoms with E-state index in [0.29, 0.717) is 16.3 Å². The van der Waals surface area contributed by atoms with Crippen LogP contribution in [0.5, 0.6) is 0 Å². The monoisotopic (exact) mass is 546 g/mol. The number of benzene rings is 4. The third kappa shape index (κ3) is 6.82. The number of halogens is 1. The van der Waals surface area contributed by atoms with Crippen LogP contribution >= 0.6 is 11.6 Å². The second kappa shape index (κ2) is 12.3. The normalized spacial score (nSPS) is 12.1. The third-order valence-corrected chi connectivity index (χ3v) is 8.41. The first-order chi connectivity index (χ1) is 18.2. The molecule has 7 heteroatoms. The van der Waals surface area contributed by atoms with Gasteiger partial charge >= 0.3 is 0 Å². The van der Waals surface area contributed by atoms with Gasteiger partial charge in [-0.3, -0.25) is 9.10 Å². The van der Waals surface area contributed by atoms with E-state index < -0.39 is 10.0 Å². The Balaban J connectivity index is 1.50. The fourth-order valence-electron chi connectivity index (χ4n) is 4.21. The second-order valence-electron chi connectivity index (χ2n) is 9.35. The van der Waals surface area contributed by atoms with Gasteiger partial charge in [-0.05, 0) is 79.8 Å². The lowest BCUT2D eigenvalue weighted by molar-refractivity contribution is 0.0938. The number of carbonyl (C=O) groups is 1. The van der Waals surface area contributed by atoms with E-state index in [0.717, 1.165) is 24.0 Å². The molecule has 0 fully saturated rings. The first kappa shape index (κ1) is 27.4. The average molecular weight is 547 g/mol. The molecule has 0 unspecified atom stereocenters. The summed E-state index contributed by atoms with van der Waals surface area (Å²) in [4.78, 5) is 13.0. The minimum atomic E-state index is -3.87. The molecule has 4 rings (SSSR count). The van der Waals surface area contributed by atoms with Crippen molar-refractivity contribution in [2.24, 2.45) is 0 Å². The van der Waals surface area contributed by atoms with Crippen LogP contribution in [-0.4, -0.2) is 20.4 Å². The number of hydrogen-bond acceptors (Lipinski definition) is 3. The molecule has 0 aliphatic rings. The Bertz CT molecular complexity index is 1480. The number of amides is 1. The number of aryl methyl sites for hydroxylation is 2. The van der Waals surface area contributed by atoms with Crippen LogP contribution in [-0.2, 0) is 23.0 Å². The van der Waals surface area contributed by atoms with E-state index in [1.165, 1.54) is 9.87 Å². The Morgan fingerprint density at radius 3 is 2.16 bits per heavy atom. The molecule has 0 aromatic heterocycles. The van der Waals surface area contributed by atoms with Gasteiger partial charge in [0.2, 0.25) is 0 Å². The van der Waals surface area contributed by atoms with E-state index in [1.54, 1.807) is 72.8 Å². The van der Waals surface area contributed by atoms with Gasteiger partial charge in [-0.1, -0.05) is 78.3 Å². The summed E-state index contributed by atoms with van der Waals surface area (Å²) in [6.07, 6.45) is 1.72. The van der Waals surface area contributed by atoms with E-state index in [4.69, 9.17) is 11.6 Å². The smallest absolute Gasteiger partial charge is 0.264 e. The number of nitrogens with zero attached hydrogens (tertiary/aromatic N) is 1. The lowest BCUT2D eigenvalue weighted by Crippen LogP contribution is -2.33. The topological polar surface area (TPSA) is 66.5 Å². The van der Waals surface area contributed by atoms with Crippen molar-refractivity contribution in [3.63, 3.8) is 0 Å². The molecule has 1 amide bonds. The summed E-state index contributed by atoms with van der Waals surface area (Å²) in [5.74, 6) is -0.156. The van der Waals surface area contributed by atoms with Gasteiger partial charge < -0.3 is 5.32 Å². The maximum atomic E-state index is 13.7. The molecule has 1 atom stereocenters. The van der Waals surface area contributed by atoms with E-state index in [9.17, 15) is 13.2 Å². The molecule has 196 valence electrons. The van der Waals surface area contributed by atoms with Crippen LogP contribution in [0.15, 0.2) is 108 Å². The summed E-state index contributed by atoms with van der Waals surface area (Å²) >= 11 is 6.25. The van der Waals surface area contributed by atoms with Crippen molar-refractivity contribution in [3.05, 3.63) is 130 Å². The van der Waals surface area contributed by atoms with Crippen LogP contribution in [0.3, 0.4) is 0 Å². The Morgan fingerprint density at radius 1 is 0.868 bits per heavy atom. The zero-order chi connectivity index (χ0) is 27.1. The highest BCUT2D eigenvalue weighted by Gasteiger charge is 2.26. The maximum absolute atomic E-state index is 13.7. The van der Waals surface area contributed by atoms with E-state index >= 15 is 0 Å². The van der Waals surface area contributed by atoms with E-state index in [-0.39, 0.29) is 23.4 Å². The maximum Gasteiger partial charge on any atom is 0.264 e. The number of sulfonamides is 1. The standard InChI is InChI=1S/C31H31ClN2O3S/c1-23-13-20-28(32)21-30(23)34(38(36,37)29-11-7-4-8-12-29)22-26-16-18-27(19-17-26)31(35)33-24(2)14-15-25-9-5-3-6-10-25/h3-13,16-21,24H,14-15,22H2,1-2H3,(H,33,35)/t24-/m0/s1. The molecule has 5 nitrogen and oxygen atoms in total. The first-order valence-corrected chi connectivity index (χ1v) is 14.3. The molecule has 0 saturated heterocycles. The SMILES string of the molecule is Cc1ccc(Cl)cc1N(Cc1ccc(C(=O)N[C@@H](C)CCc2ccccc2)cc1)S(=O)(=O)c1ccccc1. The number of carbonyl (C=O) groups excluding carboxylic acids is 1. The van der Waals surface area contributed by atoms with Crippen molar-refractivity contribution in [2.45, 2.75) is 44.2 Å². The molecule has 4 aromatic rings. The molecular formula is C31H31ClN2O3S. The third-order valence-electron chi connectivity index (χ3n) is 6.40. The van der Waals surface area contributed by atoms with Crippen molar-refractivity contribution in [1.29, 1.82) is 0 Å². The Hall–Kier alpha value is -3.61. The lowest BCUT2D eigenvalue weighted by Gasteiger charge is -2.26. The van der Waals surface area contributed by atoms with Crippen LogP contribution < -0.4 is 9.62 Å². The van der Waals surface area contributed by atoms with Crippen molar-refractivity contribution < 1.29 is 13.2 Å². The summed E-state index contributed by atoms with van der Waals surface area (Å²) in [6, 6.07) is 30.8. The van der Waals surface area contributed by atoms with Crippen molar-refractivity contribution in [2.75, 3.05) is 4.31 Å². The van der Waals surface area contributed by atoms with Crippen LogP contribution in [0.4, 0.5) is 5.69 Å². The summed E-state index contributed by atoms with van der Waals surface area (Å²) in [5, 5.41) is 3.50. The minimum Gasteiger partial charge on any atom is -0.350 e. The molecule has 38 heavy (non-hydrogen) atoms. The Morgan fingerprint density at radius 2 is 1.50 bits per heavy atom. The van der Waals surface area contributed by atoms with Crippen LogP contribution in [0.2, 0.25) is 5.02 Å². The second-order valence-corrected chi connectivity index (χ2v) is 11.6. The molecule has 0 spiro atoms. The molecule has 0 heterocycles. The minimum absolute atomic E-state index is 0.0136. The van der Waals surface area contributed by atoms with Gasteiger partial charge in [-0.15, -0.1) is 0 Å². The number of anilines is 1. The summed E-state index contributed by atoms with van der Waals surface area (Å²) in [5.41, 5.74) is 3.81. The van der Waals surface area contributed by atoms with Gasteiger partial charge in [0.25, 0.3) is 15.9 Å². The highest BCUT2D eigenvalue weighted by atomic mass is 35.5. The van der Waals surface area contributed by atoms with Crippen molar-refractivity contribution in [3.8, 4) is 0 Å². The van der Waals surface area contributed by atoms with Crippen LogP contribution in [0.25, 0.3) is 0 Å². The number of rotatable bonds is 10. The highest BCUT2D eigenvalue weighted by molar-refractivity contribution is 7.92. The number of hydrogen-bond donors (Lipinski definition) is 1. The number of nitrogens with one attached hydrogen (secondary N) is 1. The van der Waals surface area contributed by atoms with Gasteiger partial charge in [0.15, 0.2) is 0 Å². The van der Waals surface area contributed by atoms with Crippen LogP contribution in [0, 0.1) is 6.92 Å². The van der Waals surface area contributed by atoms with Crippen molar-refractivity contribution >= 4 is 33.2 Å². The zero-order valence-corrected chi connectivity index (χ0v) is 23.0. The van der Waals surface area contributed by atoms with Crippen molar-refractivity contribution in [1.82, 2.24) is 5.32 Å². The molecule has 0 radical (unpaired) electrons. The van der Waals surface area contributed by atoms with Gasteiger partial charge in [0, 0.05) is 16.6 Å². The van der Waals surface area contributed by atoms with E-state index in [2.05, 4.69) is 17.4 Å². The molecular weight excluding hydrogens is 516 g/mol. The quantitative estimate of drug-likeness (QED) is 0.238. The lowest BCUT2D eigenvalue weighted by atomic mass is 10.1. The summed E-state index contributed by atoms with van der Waals surface area (Å²) < 4.78 is 28.7.